The third-order valence-electron chi connectivity index (χ3n) is 4.11. The SMILES string of the molecule is COc1ccccc1Nc1cc(C)nc(NCc2ccc3c(c2)OCO3)n1. The second-order valence-electron chi connectivity index (χ2n) is 6.08. The highest BCUT2D eigenvalue weighted by atomic mass is 16.7. The van der Waals surface area contributed by atoms with Crippen LogP contribution in [-0.2, 0) is 6.54 Å². The molecule has 138 valence electrons. The third kappa shape index (κ3) is 3.87. The topological polar surface area (TPSA) is 77.5 Å². The van der Waals surface area contributed by atoms with E-state index in [1.165, 1.54) is 0 Å². The molecule has 0 bridgehead atoms. The lowest BCUT2D eigenvalue weighted by Gasteiger charge is -2.12. The van der Waals surface area contributed by atoms with E-state index in [1.54, 1.807) is 7.11 Å². The zero-order chi connectivity index (χ0) is 18.6. The van der Waals surface area contributed by atoms with Crippen LogP contribution in [0, 0.1) is 6.92 Å². The van der Waals surface area contributed by atoms with Gasteiger partial charge in [-0.25, -0.2) is 4.98 Å². The molecule has 1 aliphatic rings. The molecular formula is C20H20N4O3. The molecule has 2 aromatic carbocycles. The quantitative estimate of drug-likeness (QED) is 0.687. The van der Waals surface area contributed by atoms with E-state index >= 15 is 0 Å². The molecule has 0 radical (unpaired) electrons. The summed E-state index contributed by atoms with van der Waals surface area (Å²) < 4.78 is 16.1. The number of hydrogen-bond donors (Lipinski definition) is 2. The van der Waals surface area contributed by atoms with Crippen molar-refractivity contribution in [2.24, 2.45) is 0 Å². The van der Waals surface area contributed by atoms with E-state index in [1.807, 2.05) is 55.5 Å². The Morgan fingerprint density at radius 3 is 2.78 bits per heavy atom. The predicted molar refractivity (Wildman–Crippen MR) is 103 cm³/mol. The molecule has 0 saturated carbocycles. The first-order valence-corrected chi connectivity index (χ1v) is 8.59. The van der Waals surface area contributed by atoms with Crippen molar-refractivity contribution in [2.45, 2.75) is 13.5 Å². The Kier molecular flexibility index (Phi) is 4.65. The van der Waals surface area contributed by atoms with E-state index in [2.05, 4.69) is 20.6 Å². The van der Waals surface area contributed by atoms with Gasteiger partial charge >= 0.3 is 0 Å². The van der Waals surface area contributed by atoms with Crippen LogP contribution in [0.2, 0.25) is 0 Å². The van der Waals surface area contributed by atoms with Gasteiger partial charge in [-0.2, -0.15) is 4.98 Å². The van der Waals surface area contributed by atoms with E-state index in [-0.39, 0.29) is 6.79 Å². The summed E-state index contributed by atoms with van der Waals surface area (Å²) >= 11 is 0. The maximum absolute atomic E-state index is 5.41. The number of aryl methyl sites for hydroxylation is 1. The smallest absolute Gasteiger partial charge is 0.231 e. The number of methoxy groups -OCH3 is 1. The van der Waals surface area contributed by atoms with Crippen molar-refractivity contribution in [3.05, 3.63) is 59.8 Å². The average molecular weight is 364 g/mol. The monoisotopic (exact) mass is 364 g/mol. The fraction of sp³-hybridized carbons (Fsp3) is 0.200. The van der Waals surface area contributed by atoms with Crippen LogP contribution >= 0.6 is 0 Å². The van der Waals surface area contributed by atoms with Gasteiger partial charge in [-0.05, 0) is 36.8 Å². The summed E-state index contributed by atoms with van der Waals surface area (Å²) in [5.41, 5.74) is 2.76. The number of aromatic nitrogens is 2. The van der Waals surface area contributed by atoms with Crippen molar-refractivity contribution < 1.29 is 14.2 Å². The van der Waals surface area contributed by atoms with Gasteiger partial charge in [-0.3, -0.25) is 0 Å². The van der Waals surface area contributed by atoms with Gasteiger partial charge in [-0.15, -0.1) is 0 Å². The van der Waals surface area contributed by atoms with Crippen LogP contribution < -0.4 is 24.8 Å². The van der Waals surface area contributed by atoms with Crippen LogP contribution in [0.4, 0.5) is 17.5 Å². The minimum Gasteiger partial charge on any atom is -0.495 e. The molecule has 0 unspecified atom stereocenters. The summed E-state index contributed by atoms with van der Waals surface area (Å²) in [6.07, 6.45) is 0. The number of para-hydroxylation sites is 2. The molecule has 1 aromatic heterocycles. The molecule has 27 heavy (non-hydrogen) atoms. The van der Waals surface area contributed by atoms with E-state index < -0.39 is 0 Å². The van der Waals surface area contributed by atoms with Crippen LogP contribution in [0.25, 0.3) is 0 Å². The molecule has 0 fully saturated rings. The van der Waals surface area contributed by atoms with Crippen molar-refractivity contribution in [1.82, 2.24) is 9.97 Å². The summed E-state index contributed by atoms with van der Waals surface area (Å²) in [6.45, 7) is 2.78. The standard InChI is InChI=1S/C20H20N4O3/c1-13-9-19(23-15-5-3-4-6-16(15)25-2)24-20(22-13)21-11-14-7-8-17-18(10-14)27-12-26-17/h3-10H,11-12H2,1-2H3,(H2,21,22,23,24). The second-order valence-corrected chi connectivity index (χ2v) is 6.08. The number of benzene rings is 2. The fourth-order valence-corrected chi connectivity index (χ4v) is 2.83. The minimum absolute atomic E-state index is 0.269. The number of rotatable bonds is 6. The van der Waals surface area contributed by atoms with Gasteiger partial charge in [0.25, 0.3) is 0 Å². The Hall–Kier alpha value is -3.48. The number of ether oxygens (including phenoxy) is 3. The van der Waals surface area contributed by atoms with Gasteiger partial charge in [0, 0.05) is 18.3 Å². The molecule has 7 heteroatoms. The zero-order valence-electron chi connectivity index (χ0n) is 15.2. The highest BCUT2D eigenvalue weighted by Crippen LogP contribution is 2.32. The molecule has 0 aliphatic carbocycles. The first kappa shape index (κ1) is 17.0. The molecule has 0 atom stereocenters. The minimum atomic E-state index is 0.269. The maximum atomic E-state index is 5.41. The van der Waals surface area contributed by atoms with Crippen LogP contribution in [0.3, 0.4) is 0 Å². The number of hydrogen-bond acceptors (Lipinski definition) is 7. The highest BCUT2D eigenvalue weighted by molar-refractivity contribution is 5.64. The molecule has 1 aliphatic heterocycles. The van der Waals surface area contributed by atoms with Crippen LogP contribution in [0.1, 0.15) is 11.3 Å². The van der Waals surface area contributed by atoms with E-state index in [0.717, 1.165) is 34.2 Å². The number of anilines is 3. The molecule has 2 heterocycles. The van der Waals surface area contributed by atoms with Crippen LogP contribution in [-0.4, -0.2) is 23.9 Å². The Bertz CT molecular complexity index is 962. The van der Waals surface area contributed by atoms with Gasteiger partial charge in [0.1, 0.15) is 11.6 Å². The Labute approximate surface area is 157 Å². The van der Waals surface area contributed by atoms with Crippen molar-refractivity contribution in [2.75, 3.05) is 24.5 Å². The molecule has 0 spiro atoms. The lowest BCUT2D eigenvalue weighted by molar-refractivity contribution is 0.174. The largest absolute Gasteiger partial charge is 0.495 e. The molecular weight excluding hydrogens is 344 g/mol. The molecule has 2 N–H and O–H groups in total. The maximum Gasteiger partial charge on any atom is 0.231 e. The third-order valence-corrected chi connectivity index (χ3v) is 4.11. The van der Waals surface area contributed by atoms with Gasteiger partial charge in [-0.1, -0.05) is 18.2 Å². The van der Waals surface area contributed by atoms with E-state index in [0.29, 0.717) is 18.3 Å². The van der Waals surface area contributed by atoms with Gasteiger partial charge in [0.05, 0.1) is 12.8 Å². The van der Waals surface area contributed by atoms with E-state index in [9.17, 15) is 0 Å². The highest BCUT2D eigenvalue weighted by Gasteiger charge is 2.13. The summed E-state index contributed by atoms with van der Waals surface area (Å²) in [5, 5.41) is 6.54. The zero-order valence-corrected chi connectivity index (χ0v) is 15.2. The van der Waals surface area contributed by atoms with Crippen molar-refractivity contribution in [3.8, 4) is 17.2 Å². The van der Waals surface area contributed by atoms with Gasteiger partial charge in [0.15, 0.2) is 11.5 Å². The van der Waals surface area contributed by atoms with Crippen molar-refractivity contribution >= 4 is 17.5 Å². The summed E-state index contributed by atoms with van der Waals surface area (Å²) in [6, 6.07) is 15.4. The molecule has 3 aromatic rings. The molecule has 4 rings (SSSR count). The number of fused-ring (bicyclic) bond motifs is 1. The molecule has 0 saturated heterocycles. The Morgan fingerprint density at radius 2 is 1.89 bits per heavy atom. The van der Waals surface area contributed by atoms with E-state index in [4.69, 9.17) is 14.2 Å². The summed E-state index contributed by atoms with van der Waals surface area (Å²) in [4.78, 5) is 9.00. The number of nitrogens with one attached hydrogen (secondary N) is 2. The van der Waals surface area contributed by atoms with Crippen molar-refractivity contribution in [3.63, 3.8) is 0 Å². The van der Waals surface area contributed by atoms with Crippen molar-refractivity contribution in [1.29, 1.82) is 0 Å². The Morgan fingerprint density at radius 1 is 1.04 bits per heavy atom. The second kappa shape index (κ2) is 7.41. The number of nitrogens with zero attached hydrogens (tertiary/aromatic N) is 2. The predicted octanol–water partition coefficient (Wildman–Crippen LogP) is 3.88. The summed E-state index contributed by atoms with van der Waals surface area (Å²) in [7, 11) is 1.64. The average Bonchev–Trinajstić information content (AvgIpc) is 3.14. The lowest BCUT2D eigenvalue weighted by Crippen LogP contribution is -2.06. The first-order valence-electron chi connectivity index (χ1n) is 8.59. The normalized spacial score (nSPS) is 11.9. The van der Waals surface area contributed by atoms with Crippen LogP contribution in [0.5, 0.6) is 17.2 Å². The first-order chi connectivity index (χ1) is 13.2. The lowest BCUT2D eigenvalue weighted by atomic mass is 10.2. The Balaban J connectivity index is 1.49. The fourth-order valence-electron chi connectivity index (χ4n) is 2.83. The van der Waals surface area contributed by atoms with Gasteiger partial charge < -0.3 is 24.8 Å². The summed E-state index contributed by atoms with van der Waals surface area (Å²) in [5.74, 6) is 3.53. The molecule has 7 nitrogen and oxygen atoms in total. The van der Waals surface area contributed by atoms with Crippen LogP contribution in [0.15, 0.2) is 48.5 Å². The molecule has 0 amide bonds. The van der Waals surface area contributed by atoms with Gasteiger partial charge in [0.2, 0.25) is 12.7 Å².